The normalized spacial score (nSPS) is 24.3. The molecule has 3 rings (SSSR count). The standard InChI is InChI=1S/C15H24N4/c1-18(2)11-13-8-16-9-14(17-13)15-4-3-7-19(15)10-12-5-6-12/h8-9,12,15H,3-7,10-11H2,1-2H3/t15-/m0/s1. The van der Waals surface area contributed by atoms with Gasteiger partial charge in [-0.2, -0.15) is 0 Å². The second-order valence-electron chi connectivity index (χ2n) is 6.27. The van der Waals surface area contributed by atoms with Crippen LogP contribution in [0, 0.1) is 5.92 Å². The van der Waals surface area contributed by atoms with Gasteiger partial charge in [-0.05, 0) is 52.2 Å². The van der Waals surface area contributed by atoms with E-state index < -0.39 is 0 Å². The van der Waals surface area contributed by atoms with Gasteiger partial charge in [0.1, 0.15) is 0 Å². The first kappa shape index (κ1) is 13.0. The number of nitrogens with zero attached hydrogens (tertiary/aromatic N) is 4. The average Bonchev–Trinajstić information content (AvgIpc) is 3.05. The first-order valence-corrected chi connectivity index (χ1v) is 7.42. The summed E-state index contributed by atoms with van der Waals surface area (Å²) in [6.07, 6.45) is 9.26. The van der Waals surface area contributed by atoms with E-state index in [-0.39, 0.29) is 0 Å². The molecule has 0 bridgehead atoms. The molecule has 1 aromatic rings. The van der Waals surface area contributed by atoms with E-state index >= 15 is 0 Å². The highest BCUT2D eigenvalue weighted by Gasteiger charge is 2.32. The Morgan fingerprint density at radius 3 is 2.84 bits per heavy atom. The molecule has 1 aromatic heterocycles. The molecular formula is C15H24N4. The Balaban J connectivity index is 1.72. The van der Waals surface area contributed by atoms with Crippen LogP contribution in [-0.4, -0.2) is 47.0 Å². The van der Waals surface area contributed by atoms with Gasteiger partial charge in [0.05, 0.1) is 17.4 Å². The molecule has 0 amide bonds. The topological polar surface area (TPSA) is 32.3 Å². The lowest BCUT2D eigenvalue weighted by Gasteiger charge is -2.24. The van der Waals surface area contributed by atoms with Crippen molar-refractivity contribution in [3.63, 3.8) is 0 Å². The first-order valence-electron chi connectivity index (χ1n) is 7.42. The van der Waals surface area contributed by atoms with Gasteiger partial charge < -0.3 is 4.90 Å². The van der Waals surface area contributed by atoms with Crippen LogP contribution in [0.3, 0.4) is 0 Å². The maximum atomic E-state index is 4.83. The van der Waals surface area contributed by atoms with Gasteiger partial charge in [-0.25, -0.2) is 0 Å². The van der Waals surface area contributed by atoms with E-state index in [2.05, 4.69) is 28.9 Å². The molecule has 0 unspecified atom stereocenters. The van der Waals surface area contributed by atoms with Crippen LogP contribution in [0.25, 0.3) is 0 Å². The van der Waals surface area contributed by atoms with Crippen molar-refractivity contribution in [1.82, 2.24) is 19.8 Å². The van der Waals surface area contributed by atoms with E-state index in [1.165, 1.54) is 44.5 Å². The molecule has 1 aliphatic heterocycles. The minimum Gasteiger partial charge on any atom is -0.304 e. The van der Waals surface area contributed by atoms with Gasteiger partial charge in [0.2, 0.25) is 0 Å². The zero-order chi connectivity index (χ0) is 13.2. The molecule has 1 atom stereocenters. The number of hydrogen-bond donors (Lipinski definition) is 0. The Hall–Kier alpha value is -1.00. The summed E-state index contributed by atoms with van der Waals surface area (Å²) in [4.78, 5) is 14.0. The van der Waals surface area contributed by atoms with Gasteiger partial charge in [0.15, 0.2) is 0 Å². The van der Waals surface area contributed by atoms with Crippen LogP contribution in [0.4, 0.5) is 0 Å². The second kappa shape index (κ2) is 5.55. The van der Waals surface area contributed by atoms with Crippen molar-refractivity contribution < 1.29 is 0 Å². The number of rotatable bonds is 5. The fourth-order valence-electron chi connectivity index (χ4n) is 3.00. The molecule has 104 valence electrons. The van der Waals surface area contributed by atoms with Gasteiger partial charge >= 0.3 is 0 Å². The quantitative estimate of drug-likeness (QED) is 0.811. The fraction of sp³-hybridized carbons (Fsp3) is 0.733. The Bertz CT molecular complexity index is 428. The third-order valence-corrected chi connectivity index (χ3v) is 4.08. The Labute approximate surface area is 115 Å². The van der Waals surface area contributed by atoms with Crippen LogP contribution in [0.1, 0.15) is 43.1 Å². The van der Waals surface area contributed by atoms with Crippen LogP contribution in [0.5, 0.6) is 0 Å². The SMILES string of the molecule is CN(C)Cc1cncc([C@@H]2CCCN2CC2CC2)n1. The van der Waals surface area contributed by atoms with Crippen LogP contribution in [0.2, 0.25) is 0 Å². The summed E-state index contributed by atoms with van der Waals surface area (Å²) in [6, 6.07) is 0.509. The molecule has 0 spiro atoms. The molecule has 1 saturated carbocycles. The molecule has 2 heterocycles. The molecule has 4 nitrogen and oxygen atoms in total. The van der Waals surface area contributed by atoms with E-state index in [9.17, 15) is 0 Å². The van der Waals surface area contributed by atoms with Crippen molar-refractivity contribution in [3.8, 4) is 0 Å². The zero-order valence-electron chi connectivity index (χ0n) is 12.0. The summed E-state index contributed by atoms with van der Waals surface area (Å²) in [5, 5.41) is 0. The predicted octanol–water partition coefficient (Wildman–Crippen LogP) is 2.09. The van der Waals surface area contributed by atoms with Crippen molar-refractivity contribution in [2.45, 2.75) is 38.3 Å². The molecule has 1 aliphatic carbocycles. The van der Waals surface area contributed by atoms with Gasteiger partial charge in [-0.15, -0.1) is 0 Å². The summed E-state index contributed by atoms with van der Waals surface area (Å²) in [5.74, 6) is 0.957. The summed E-state index contributed by atoms with van der Waals surface area (Å²) in [6.45, 7) is 3.38. The average molecular weight is 260 g/mol. The maximum Gasteiger partial charge on any atom is 0.0762 e. The third kappa shape index (κ3) is 3.31. The largest absolute Gasteiger partial charge is 0.304 e. The van der Waals surface area contributed by atoms with E-state index in [4.69, 9.17) is 4.98 Å². The lowest BCUT2D eigenvalue weighted by Crippen LogP contribution is -2.26. The molecule has 2 aliphatic rings. The second-order valence-corrected chi connectivity index (χ2v) is 6.27. The van der Waals surface area contributed by atoms with E-state index in [1.54, 1.807) is 0 Å². The lowest BCUT2D eigenvalue weighted by atomic mass is 10.1. The predicted molar refractivity (Wildman–Crippen MR) is 75.7 cm³/mol. The van der Waals surface area contributed by atoms with E-state index in [1.807, 2.05) is 12.4 Å². The molecule has 0 aromatic carbocycles. The van der Waals surface area contributed by atoms with Crippen LogP contribution in [0.15, 0.2) is 12.4 Å². The molecule has 19 heavy (non-hydrogen) atoms. The molecule has 0 radical (unpaired) electrons. The van der Waals surface area contributed by atoms with Crippen LogP contribution < -0.4 is 0 Å². The van der Waals surface area contributed by atoms with Gasteiger partial charge in [0, 0.05) is 25.5 Å². The van der Waals surface area contributed by atoms with E-state index in [0.29, 0.717) is 6.04 Å². The highest BCUT2D eigenvalue weighted by Crippen LogP contribution is 2.36. The van der Waals surface area contributed by atoms with Gasteiger partial charge in [-0.1, -0.05) is 0 Å². The zero-order valence-corrected chi connectivity index (χ0v) is 12.0. The summed E-state index contributed by atoms with van der Waals surface area (Å²) >= 11 is 0. The molecule has 2 fully saturated rings. The van der Waals surface area contributed by atoms with E-state index in [0.717, 1.165) is 18.2 Å². The fourth-order valence-corrected chi connectivity index (χ4v) is 3.00. The summed E-state index contributed by atoms with van der Waals surface area (Å²) in [7, 11) is 4.15. The van der Waals surface area contributed by atoms with Crippen molar-refractivity contribution in [2.75, 3.05) is 27.2 Å². The minimum absolute atomic E-state index is 0.509. The van der Waals surface area contributed by atoms with Gasteiger partial charge in [-0.3, -0.25) is 14.9 Å². The summed E-state index contributed by atoms with van der Waals surface area (Å²) in [5.41, 5.74) is 2.26. The van der Waals surface area contributed by atoms with Gasteiger partial charge in [0.25, 0.3) is 0 Å². The van der Waals surface area contributed by atoms with Crippen molar-refractivity contribution >= 4 is 0 Å². The highest BCUT2D eigenvalue weighted by molar-refractivity contribution is 5.10. The highest BCUT2D eigenvalue weighted by atomic mass is 15.2. The number of hydrogen-bond acceptors (Lipinski definition) is 4. The first-order chi connectivity index (χ1) is 9.22. The Kier molecular flexibility index (Phi) is 3.80. The van der Waals surface area contributed by atoms with Crippen molar-refractivity contribution in [2.24, 2.45) is 5.92 Å². The molecule has 1 saturated heterocycles. The smallest absolute Gasteiger partial charge is 0.0762 e. The Morgan fingerprint density at radius 1 is 1.26 bits per heavy atom. The maximum absolute atomic E-state index is 4.83. The number of likely N-dealkylation sites (tertiary alicyclic amines) is 1. The van der Waals surface area contributed by atoms with Crippen molar-refractivity contribution in [1.29, 1.82) is 0 Å². The number of aromatic nitrogens is 2. The lowest BCUT2D eigenvalue weighted by molar-refractivity contribution is 0.241. The molecular weight excluding hydrogens is 236 g/mol. The third-order valence-electron chi connectivity index (χ3n) is 4.08. The van der Waals surface area contributed by atoms with Crippen molar-refractivity contribution in [3.05, 3.63) is 23.8 Å². The monoisotopic (exact) mass is 260 g/mol. The van der Waals surface area contributed by atoms with Crippen LogP contribution in [-0.2, 0) is 6.54 Å². The molecule has 4 heteroatoms. The summed E-state index contributed by atoms with van der Waals surface area (Å²) < 4.78 is 0. The molecule has 0 N–H and O–H groups in total. The Morgan fingerprint density at radius 2 is 2.11 bits per heavy atom. The van der Waals surface area contributed by atoms with Crippen LogP contribution >= 0.6 is 0 Å². The minimum atomic E-state index is 0.509.